The highest BCUT2D eigenvalue weighted by molar-refractivity contribution is 5.81. The van der Waals surface area contributed by atoms with Gasteiger partial charge >= 0.3 is 0 Å². The monoisotopic (exact) mass is 264 g/mol. The lowest BCUT2D eigenvalue weighted by atomic mass is 9.78. The van der Waals surface area contributed by atoms with Gasteiger partial charge in [-0.3, -0.25) is 4.79 Å². The Balaban J connectivity index is 1.56. The third-order valence-corrected chi connectivity index (χ3v) is 6.08. The van der Waals surface area contributed by atoms with Gasteiger partial charge in [0.05, 0.1) is 5.41 Å². The Bertz CT molecular complexity index is 366. The van der Waals surface area contributed by atoms with Crippen molar-refractivity contribution in [3.63, 3.8) is 0 Å². The summed E-state index contributed by atoms with van der Waals surface area (Å²) in [6.45, 7) is 4.87. The number of hydrogen-bond donors (Lipinski definition) is 2. The van der Waals surface area contributed by atoms with Crippen LogP contribution in [0.15, 0.2) is 0 Å². The zero-order valence-corrected chi connectivity index (χ0v) is 12.5. The minimum Gasteiger partial charge on any atom is -0.359 e. The van der Waals surface area contributed by atoms with E-state index in [9.17, 15) is 4.79 Å². The molecule has 0 saturated heterocycles. The molecule has 0 heterocycles. The molecular weight excluding hydrogens is 236 g/mol. The molecule has 0 aromatic heterocycles. The van der Waals surface area contributed by atoms with Crippen LogP contribution < -0.4 is 10.6 Å². The maximum absolute atomic E-state index is 11.8. The number of carbonyl (C=O) groups excluding carboxylic acids is 1. The van der Waals surface area contributed by atoms with Gasteiger partial charge in [0.2, 0.25) is 5.91 Å². The second-order valence-electron chi connectivity index (χ2n) is 7.60. The van der Waals surface area contributed by atoms with Crippen molar-refractivity contribution in [2.75, 3.05) is 13.6 Å². The average Bonchev–Trinajstić information content (AvgIpc) is 3.06. The number of nitrogens with one attached hydrogen (secondary N) is 2. The van der Waals surface area contributed by atoms with Gasteiger partial charge in [-0.2, -0.15) is 0 Å². The van der Waals surface area contributed by atoms with Crippen LogP contribution in [0.2, 0.25) is 0 Å². The topological polar surface area (TPSA) is 41.1 Å². The number of carbonyl (C=O) groups is 1. The molecule has 3 aliphatic carbocycles. The first-order valence-electron chi connectivity index (χ1n) is 7.98. The minimum atomic E-state index is -0.300. The third kappa shape index (κ3) is 2.20. The summed E-state index contributed by atoms with van der Waals surface area (Å²) in [5, 5.41) is 6.49. The van der Waals surface area contributed by atoms with Crippen molar-refractivity contribution in [2.45, 2.75) is 52.0 Å². The molecular formula is C16H28N2O. The molecule has 0 radical (unpaired) electrons. The van der Waals surface area contributed by atoms with Crippen LogP contribution in [0.5, 0.6) is 0 Å². The Morgan fingerprint density at radius 2 is 1.89 bits per heavy atom. The molecule has 0 aromatic rings. The second kappa shape index (κ2) is 4.76. The normalized spacial score (nSPS) is 40.5. The van der Waals surface area contributed by atoms with E-state index >= 15 is 0 Å². The van der Waals surface area contributed by atoms with E-state index in [4.69, 9.17) is 0 Å². The predicted molar refractivity (Wildman–Crippen MR) is 76.7 cm³/mol. The highest BCUT2D eigenvalue weighted by atomic mass is 16.2. The quantitative estimate of drug-likeness (QED) is 0.817. The molecule has 3 aliphatic rings. The summed E-state index contributed by atoms with van der Waals surface area (Å²) in [4.78, 5) is 11.8. The maximum atomic E-state index is 11.8. The zero-order valence-electron chi connectivity index (χ0n) is 12.5. The Hall–Kier alpha value is -0.570. The standard InChI is InChI=1S/C16H28N2O/c1-16(2,15(19)17-3)9-18-14-8-10-7-13(14)12-6-4-5-11(10)12/h10-14,18H,4-9H2,1-3H3,(H,17,19)/t10-,11+,12-,13+,14+/m0/s1. The van der Waals surface area contributed by atoms with E-state index in [-0.39, 0.29) is 11.3 Å². The van der Waals surface area contributed by atoms with E-state index in [2.05, 4.69) is 10.6 Å². The van der Waals surface area contributed by atoms with Crippen molar-refractivity contribution in [1.29, 1.82) is 0 Å². The molecule has 3 heteroatoms. The second-order valence-corrected chi connectivity index (χ2v) is 7.60. The summed E-state index contributed by atoms with van der Waals surface area (Å²) in [6.07, 6.45) is 7.22. The molecule has 5 atom stereocenters. The van der Waals surface area contributed by atoms with E-state index in [1.165, 1.54) is 32.1 Å². The maximum Gasteiger partial charge on any atom is 0.226 e. The van der Waals surface area contributed by atoms with Gasteiger partial charge in [-0.05, 0) is 63.2 Å². The summed E-state index contributed by atoms with van der Waals surface area (Å²) >= 11 is 0. The Morgan fingerprint density at radius 1 is 1.16 bits per heavy atom. The van der Waals surface area contributed by atoms with Crippen molar-refractivity contribution in [3.05, 3.63) is 0 Å². The lowest BCUT2D eigenvalue weighted by Gasteiger charge is -2.34. The van der Waals surface area contributed by atoms with Crippen molar-refractivity contribution in [3.8, 4) is 0 Å². The number of rotatable bonds is 4. The first kappa shape index (κ1) is 13.4. The lowest BCUT2D eigenvalue weighted by molar-refractivity contribution is -0.128. The molecule has 1 amide bonds. The van der Waals surface area contributed by atoms with Crippen LogP contribution in [-0.4, -0.2) is 25.5 Å². The lowest BCUT2D eigenvalue weighted by Crippen LogP contribution is -2.47. The molecule has 108 valence electrons. The molecule has 3 fully saturated rings. The summed E-state index contributed by atoms with van der Waals surface area (Å²) in [5.74, 6) is 4.08. The van der Waals surface area contributed by atoms with Crippen molar-refractivity contribution in [2.24, 2.45) is 29.1 Å². The average molecular weight is 264 g/mol. The van der Waals surface area contributed by atoms with Crippen molar-refractivity contribution < 1.29 is 4.79 Å². The first-order chi connectivity index (χ1) is 9.03. The largest absolute Gasteiger partial charge is 0.359 e. The molecule has 2 N–H and O–H groups in total. The van der Waals surface area contributed by atoms with Gasteiger partial charge in [-0.25, -0.2) is 0 Å². The Morgan fingerprint density at radius 3 is 2.63 bits per heavy atom. The van der Waals surface area contributed by atoms with Crippen LogP contribution >= 0.6 is 0 Å². The predicted octanol–water partition coefficient (Wildman–Crippen LogP) is 2.17. The van der Waals surface area contributed by atoms with Crippen molar-refractivity contribution in [1.82, 2.24) is 10.6 Å². The molecule has 0 unspecified atom stereocenters. The number of fused-ring (bicyclic) bond motifs is 5. The van der Waals surface area contributed by atoms with Gasteiger partial charge < -0.3 is 10.6 Å². The molecule has 3 rings (SSSR count). The van der Waals surface area contributed by atoms with Gasteiger partial charge in [-0.15, -0.1) is 0 Å². The fourth-order valence-electron chi connectivity index (χ4n) is 5.11. The van der Waals surface area contributed by atoms with E-state index in [0.717, 1.165) is 30.2 Å². The van der Waals surface area contributed by atoms with Crippen LogP contribution in [0.25, 0.3) is 0 Å². The highest BCUT2D eigenvalue weighted by Crippen LogP contribution is 2.58. The van der Waals surface area contributed by atoms with Crippen LogP contribution in [0, 0.1) is 29.1 Å². The smallest absolute Gasteiger partial charge is 0.226 e. The highest BCUT2D eigenvalue weighted by Gasteiger charge is 2.53. The fraction of sp³-hybridized carbons (Fsp3) is 0.938. The summed E-state index contributed by atoms with van der Waals surface area (Å²) < 4.78 is 0. The van der Waals surface area contributed by atoms with Crippen LogP contribution in [0.3, 0.4) is 0 Å². The molecule has 19 heavy (non-hydrogen) atoms. The van der Waals surface area contributed by atoms with Gasteiger partial charge in [-0.1, -0.05) is 6.42 Å². The van der Waals surface area contributed by atoms with Crippen LogP contribution in [0.4, 0.5) is 0 Å². The van der Waals surface area contributed by atoms with Gasteiger partial charge in [0.25, 0.3) is 0 Å². The summed E-state index contributed by atoms with van der Waals surface area (Å²) in [5.41, 5.74) is -0.300. The molecule has 0 spiro atoms. The Labute approximate surface area is 116 Å². The molecule has 3 nitrogen and oxygen atoms in total. The molecule has 2 bridgehead atoms. The van der Waals surface area contributed by atoms with Crippen LogP contribution in [-0.2, 0) is 4.79 Å². The SMILES string of the molecule is CNC(=O)C(C)(C)CN[C@@H]1C[C@@H]2C[C@@H]1[C@H]1CCC[C@H]21. The van der Waals surface area contributed by atoms with Gasteiger partial charge in [0.1, 0.15) is 0 Å². The third-order valence-electron chi connectivity index (χ3n) is 6.08. The molecule has 0 aliphatic heterocycles. The van der Waals surface area contributed by atoms with Gasteiger partial charge in [0.15, 0.2) is 0 Å². The van der Waals surface area contributed by atoms with E-state index in [1.54, 1.807) is 7.05 Å². The van der Waals surface area contributed by atoms with E-state index < -0.39 is 0 Å². The number of hydrogen-bond acceptors (Lipinski definition) is 2. The Kier molecular flexibility index (Phi) is 3.36. The summed E-state index contributed by atoms with van der Waals surface area (Å²) in [6, 6.07) is 0.674. The van der Waals surface area contributed by atoms with Gasteiger partial charge in [0, 0.05) is 19.6 Å². The first-order valence-corrected chi connectivity index (χ1v) is 7.98. The van der Waals surface area contributed by atoms with Crippen LogP contribution in [0.1, 0.15) is 46.0 Å². The fourth-order valence-corrected chi connectivity index (χ4v) is 5.11. The number of amides is 1. The van der Waals surface area contributed by atoms with E-state index in [1.807, 2.05) is 13.8 Å². The minimum absolute atomic E-state index is 0.141. The molecule has 0 aromatic carbocycles. The zero-order chi connectivity index (χ0) is 13.6. The summed E-state index contributed by atoms with van der Waals surface area (Å²) in [7, 11) is 1.73. The van der Waals surface area contributed by atoms with E-state index in [0.29, 0.717) is 6.04 Å². The molecule has 3 saturated carbocycles. The van der Waals surface area contributed by atoms with Crippen molar-refractivity contribution >= 4 is 5.91 Å².